The first-order valence-corrected chi connectivity index (χ1v) is 6.10. The molecule has 0 saturated carbocycles. The molecule has 0 aliphatic heterocycles. The molecule has 2 aromatic rings. The molecule has 7 heteroatoms. The highest BCUT2D eigenvalue weighted by Gasteiger charge is 2.13. The topological polar surface area (TPSA) is 84.2 Å². The van der Waals surface area contributed by atoms with Crippen LogP contribution in [0.3, 0.4) is 0 Å². The van der Waals surface area contributed by atoms with Crippen LogP contribution in [0.5, 0.6) is 0 Å². The molecule has 0 fully saturated rings. The summed E-state index contributed by atoms with van der Waals surface area (Å²) in [6.07, 6.45) is 1.51. The van der Waals surface area contributed by atoms with Crippen LogP contribution in [0, 0.1) is 0 Å². The van der Waals surface area contributed by atoms with Crippen molar-refractivity contribution in [3.05, 3.63) is 46.2 Å². The van der Waals surface area contributed by atoms with Gasteiger partial charge in [-0.05, 0) is 40.2 Å². The van der Waals surface area contributed by atoms with Crippen LogP contribution in [0.2, 0.25) is 0 Å². The first kappa shape index (κ1) is 13.3. The molecule has 1 aromatic carbocycles. The summed E-state index contributed by atoms with van der Waals surface area (Å²) in [5.74, 6) is -1.41. The third kappa shape index (κ3) is 2.82. The number of carboxylic acid groups (broad SMARTS) is 1. The fourth-order valence-corrected chi connectivity index (χ4v) is 1.97. The van der Waals surface area contributed by atoms with E-state index in [1.54, 1.807) is 25.2 Å². The molecule has 0 aliphatic carbocycles. The van der Waals surface area contributed by atoms with Gasteiger partial charge in [-0.2, -0.15) is 5.10 Å². The zero-order chi connectivity index (χ0) is 14.0. The van der Waals surface area contributed by atoms with Crippen LogP contribution < -0.4 is 5.32 Å². The fraction of sp³-hybridized carbons (Fsp3) is 0.0833. The third-order valence-electron chi connectivity index (χ3n) is 2.51. The van der Waals surface area contributed by atoms with Crippen molar-refractivity contribution in [3.63, 3.8) is 0 Å². The number of hydrogen-bond acceptors (Lipinski definition) is 3. The zero-order valence-corrected chi connectivity index (χ0v) is 11.5. The summed E-state index contributed by atoms with van der Waals surface area (Å²) in [5.41, 5.74) is 0.884. The van der Waals surface area contributed by atoms with Crippen LogP contribution in [0.4, 0.5) is 5.69 Å². The zero-order valence-electron chi connectivity index (χ0n) is 9.92. The van der Waals surface area contributed by atoms with E-state index in [1.807, 2.05) is 0 Å². The number of carbonyl (C=O) groups excluding carboxylic acids is 1. The number of aromatic carboxylic acids is 1. The first-order valence-electron chi connectivity index (χ1n) is 5.31. The maximum Gasteiger partial charge on any atom is 0.336 e. The number of benzene rings is 1. The molecule has 6 nitrogen and oxygen atoms in total. The number of anilines is 1. The average Bonchev–Trinajstić information content (AvgIpc) is 2.77. The molecule has 1 aromatic heterocycles. The van der Waals surface area contributed by atoms with Crippen LogP contribution in [0.15, 0.2) is 34.9 Å². The van der Waals surface area contributed by atoms with Gasteiger partial charge >= 0.3 is 5.97 Å². The van der Waals surface area contributed by atoms with Crippen LogP contribution in [-0.2, 0) is 7.05 Å². The van der Waals surface area contributed by atoms with Gasteiger partial charge in [0.15, 0.2) is 0 Å². The second-order valence-corrected chi connectivity index (χ2v) is 4.65. The predicted molar refractivity (Wildman–Crippen MR) is 72.3 cm³/mol. The lowest BCUT2D eigenvalue weighted by molar-refractivity contribution is 0.0695. The Hall–Kier alpha value is -2.15. The monoisotopic (exact) mass is 323 g/mol. The molecular weight excluding hydrogens is 314 g/mol. The van der Waals surface area contributed by atoms with E-state index in [-0.39, 0.29) is 11.5 Å². The molecule has 0 unspecified atom stereocenters. The Morgan fingerprint density at radius 1 is 1.37 bits per heavy atom. The van der Waals surface area contributed by atoms with E-state index in [1.165, 1.54) is 16.9 Å². The number of nitrogens with zero attached hydrogens (tertiary/aromatic N) is 2. The molecule has 2 N–H and O–H groups in total. The quantitative estimate of drug-likeness (QED) is 0.906. The smallest absolute Gasteiger partial charge is 0.336 e. The van der Waals surface area contributed by atoms with Gasteiger partial charge in [0.25, 0.3) is 5.91 Å². The Balaban J connectivity index is 2.25. The van der Waals surface area contributed by atoms with E-state index in [4.69, 9.17) is 5.11 Å². The molecule has 19 heavy (non-hydrogen) atoms. The number of carbonyl (C=O) groups is 2. The summed E-state index contributed by atoms with van der Waals surface area (Å²) in [7, 11) is 1.65. The van der Waals surface area contributed by atoms with E-state index in [0.29, 0.717) is 15.9 Å². The lowest BCUT2D eigenvalue weighted by atomic mass is 10.2. The summed E-state index contributed by atoms with van der Waals surface area (Å²) in [6, 6.07) is 6.15. The molecule has 0 radical (unpaired) electrons. The van der Waals surface area contributed by atoms with Gasteiger partial charge in [-0.3, -0.25) is 9.48 Å². The lowest BCUT2D eigenvalue weighted by Gasteiger charge is -2.07. The molecule has 1 heterocycles. The van der Waals surface area contributed by atoms with Gasteiger partial charge in [0.2, 0.25) is 0 Å². The van der Waals surface area contributed by atoms with Gasteiger partial charge in [0.1, 0.15) is 5.69 Å². The van der Waals surface area contributed by atoms with Crippen LogP contribution in [-0.4, -0.2) is 26.8 Å². The van der Waals surface area contributed by atoms with Crippen molar-refractivity contribution >= 4 is 33.5 Å². The first-order chi connectivity index (χ1) is 8.99. The van der Waals surface area contributed by atoms with Gasteiger partial charge in [-0.25, -0.2) is 4.79 Å². The molecule has 98 valence electrons. The van der Waals surface area contributed by atoms with Crippen molar-refractivity contribution in [2.45, 2.75) is 0 Å². The van der Waals surface area contributed by atoms with E-state index >= 15 is 0 Å². The van der Waals surface area contributed by atoms with Crippen molar-refractivity contribution in [1.82, 2.24) is 9.78 Å². The van der Waals surface area contributed by atoms with Crippen LogP contribution in [0.25, 0.3) is 0 Å². The molecule has 2 rings (SSSR count). The number of rotatable bonds is 3. The van der Waals surface area contributed by atoms with Crippen molar-refractivity contribution in [2.24, 2.45) is 7.05 Å². The van der Waals surface area contributed by atoms with Crippen molar-refractivity contribution < 1.29 is 14.7 Å². The number of halogens is 1. The highest BCUT2D eigenvalue weighted by Crippen LogP contribution is 2.21. The molecule has 0 spiro atoms. The number of hydrogen-bond donors (Lipinski definition) is 2. The predicted octanol–water partition coefficient (Wildman–Crippen LogP) is 2.13. The summed E-state index contributed by atoms with van der Waals surface area (Å²) < 4.78 is 1.89. The summed E-state index contributed by atoms with van der Waals surface area (Å²) in [5, 5.41) is 15.5. The van der Waals surface area contributed by atoms with Crippen LogP contribution in [0.1, 0.15) is 20.8 Å². The second-order valence-electron chi connectivity index (χ2n) is 3.79. The summed E-state index contributed by atoms with van der Waals surface area (Å²) >= 11 is 3.14. The minimum atomic E-state index is -1.07. The Bertz CT molecular complexity index is 651. The Kier molecular flexibility index (Phi) is 3.66. The SMILES string of the molecule is Cn1nccc1C(=O)Nc1ccc(Br)c(C(=O)O)c1. The van der Waals surface area contributed by atoms with E-state index in [9.17, 15) is 9.59 Å². The van der Waals surface area contributed by atoms with Crippen molar-refractivity contribution in [3.8, 4) is 0 Å². The summed E-state index contributed by atoms with van der Waals surface area (Å²) in [4.78, 5) is 22.9. The van der Waals surface area contributed by atoms with Gasteiger partial charge in [0.05, 0.1) is 5.56 Å². The molecule has 0 saturated heterocycles. The number of aromatic nitrogens is 2. The molecule has 0 atom stereocenters. The molecule has 1 amide bonds. The van der Waals surface area contributed by atoms with Crippen molar-refractivity contribution in [2.75, 3.05) is 5.32 Å². The number of nitrogens with one attached hydrogen (secondary N) is 1. The Morgan fingerprint density at radius 2 is 2.11 bits per heavy atom. The fourth-order valence-electron chi connectivity index (χ4n) is 1.56. The van der Waals surface area contributed by atoms with E-state index in [0.717, 1.165) is 0 Å². The largest absolute Gasteiger partial charge is 0.478 e. The van der Waals surface area contributed by atoms with Gasteiger partial charge < -0.3 is 10.4 Å². The second kappa shape index (κ2) is 5.23. The van der Waals surface area contributed by atoms with Crippen LogP contribution >= 0.6 is 15.9 Å². The van der Waals surface area contributed by atoms with Gasteiger partial charge in [-0.15, -0.1) is 0 Å². The van der Waals surface area contributed by atoms with Gasteiger partial charge in [-0.1, -0.05) is 0 Å². The highest BCUT2D eigenvalue weighted by atomic mass is 79.9. The van der Waals surface area contributed by atoms with E-state index < -0.39 is 5.97 Å². The molecular formula is C12H10BrN3O3. The normalized spacial score (nSPS) is 10.2. The van der Waals surface area contributed by atoms with Gasteiger partial charge in [0, 0.05) is 23.4 Å². The highest BCUT2D eigenvalue weighted by molar-refractivity contribution is 9.10. The number of aryl methyl sites for hydroxylation is 1. The number of carboxylic acids is 1. The minimum absolute atomic E-state index is 0.0859. The minimum Gasteiger partial charge on any atom is -0.478 e. The maximum atomic E-state index is 11.9. The number of amides is 1. The van der Waals surface area contributed by atoms with Crippen molar-refractivity contribution in [1.29, 1.82) is 0 Å². The molecule has 0 aliphatic rings. The third-order valence-corrected chi connectivity index (χ3v) is 3.20. The van der Waals surface area contributed by atoms with E-state index in [2.05, 4.69) is 26.3 Å². The molecule has 0 bridgehead atoms. The average molecular weight is 324 g/mol. The Morgan fingerprint density at radius 3 is 2.68 bits per heavy atom. The standard InChI is InChI=1S/C12H10BrN3O3/c1-16-10(4-5-14-16)11(17)15-7-2-3-9(13)8(6-7)12(18)19/h2-6H,1H3,(H,15,17)(H,18,19). The maximum absolute atomic E-state index is 11.9. The Labute approximate surface area is 117 Å². The lowest BCUT2D eigenvalue weighted by Crippen LogP contribution is -2.16. The summed E-state index contributed by atoms with van der Waals surface area (Å²) in [6.45, 7) is 0.